The quantitative estimate of drug-likeness (QED) is 0.0816. The van der Waals surface area contributed by atoms with Crippen LogP contribution in [0.3, 0.4) is 0 Å². The Morgan fingerprint density at radius 1 is 0.598 bits per heavy atom. The minimum Gasteiger partial charge on any atom is -0.467 e. The van der Waals surface area contributed by atoms with Crippen molar-refractivity contribution in [2.75, 3.05) is 82.8 Å². The fraction of sp³-hybridized carbons (Fsp3) is 0.419. The first-order valence-electron chi connectivity index (χ1n) is 29.8. The average Bonchev–Trinajstić information content (AvgIpc) is 1.72. The lowest BCUT2D eigenvalue weighted by Gasteiger charge is -2.41. The van der Waals surface area contributed by atoms with Gasteiger partial charge in [-0.2, -0.15) is 23.4 Å². The number of rotatable bonds is 16. The average molecular weight is 1210 g/mol. The lowest BCUT2D eigenvalue weighted by molar-refractivity contribution is -0.0448. The number of hydrogen-bond donors (Lipinski definition) is 3. The number of sulfonamides is 1. The number of alkyl halides is 3. The number of hydrogen-bond acceptors (Lipinski definition) is 18. The molecule has 2 saturated heterocycles. The molecule has 4 fully saturated rings. The number of likely N-dealkylation sites (N-methyl/N-ethyl adjacent to an activating group) is 2. The number of nitrogens with two attached hydrogens (primary N) is 2. The zero-order valence-corrected chi connectivity index (χ0v) is 49.7. The lowest BCUT2D eigenvalue weighted by atomic mass is 9.90. The van der Waals surface area contributed by atoms with E-state index in [1.54, 1.807) is 60.0 Å². The van der Waals surface area contributed by atoms with Gasteiger partial charge in [0.2, 0.25) is 0 Å². The summed E-state index contributed by atoms with van der Waals surface area (Å²) in [5, 5.41) is 11.7. The highest BCUT2D eigenvalue weighted by Crippen LogP contribution is 2.41. The lowest BCUT2D eigenvalue weighted by Crippen LogP contribution is -2.49. The molecule has 87 heavy (non-hydrogen) atoms. The number of ether oxygens (including phenoxy) is 1. The second kappa shape index (κ2) is 25.8. The molecule has 9 aromatic rings. The Morgan fingerprint density at radius 2 is 1.08 bits per heavy atom. The predicted octanol–water partition coefficient (Wildman–Crippen LogP) is 9.74. The van der Waals surface area contributed by atoms with E-state index in [0.717, 1.165) is 130 Å². The van der Waals surface area contributed by atoms with E-state index < -0.39 is 22.1 Å². The predicted molar refractivity (Wildman–Crippen MR) is 327 cm³/mol. The SMILES string of the molecule is CN1CCN(C2CCC(n3nc(-c4cccc(N(Cc5ccco5)Cc5ccco5)c4)c4c(N)ncnc43)CC2)CC1.CN1CCN(C2CCC(n3nc(-c4cccc(Oc5ccccc5CNS(=O)(=O)C(F)(F)F)c4)c4c(N)ncnc43)CC2)CC1. The van der Waals surface area contributed by atoms with Crippen molar-refractivity contribution in [1.82, 2.24) is 63.8 Å². The largest absolute Gasteiger partial charge is 0.511 e. The molecule has 458 valence electrons. The summed E-state index contributed by atoms with van der Waals surface area (Å²) in [5.41, 5.74) is 13.3. The van der Waals surface area contributed by atoms with Crippen molar-refractivity contribution in [2.45, 2.75) is 101 Å². The fourth-order valence-electron chi connectivity index (χ4n) is 12.7. The zero-order chi connectivity index (χ0) is 60.2. The van der Waals surface area contributed by atoms with Gasteiger partial charge in [-0.3, -0.25) is 9.80 Å². The normalized spacial score (nSPS) is 20.4. The van der Waals surface area contributed by atoms with E-state index >= 15 is 0 Å². The summed E-state index contributed by atoms with van der Waals surface area (Å²) in [6.07, 6.45) is 15.0. The van der Waals surface area contributed by atoms with E-state index in [-0.39, 0.29) is 23.4 Å². The van der Waals surface area contributed by atoms with Crippen molar-refractivity contribution in [2.24, 2.45) is 0 Å². The molecule has 0 bridgehead atoms. The van der Waals surface area contributed by atoms with Crippen LogP contribution in [0.1, 0.15) is 80.5 Å². The highest BCUT2D eigenvalue weighted by Gasteiger charge is 2.45. The first-order valence-corrected chi connectivity index (χ1v) is 31.3. The smallest absolute Gasteiger partial charge is 0.467 e. The monoisotopic (exact) mass is 1210 g/mol. The molecule has 0 spiro atoms. The van der Waals surface area contributed by atoms with Crippen molar-refractivity contribution in [3.05, 3.63) is 139 Å². The Labute approximate surface area is 503 Å². The van der Waals surface area contributed by atoms with E-state index in [2.05, 4.69) is 82.5 Å². The molecule has 21 nitrogen and oxygen atoms in total. The maximum Gasteiger partial charge on any atom is 0.511 e. The third-order valence-electron chi connectivity index (χ3n) is 17.6. The van der Waals surface area contributed by atoms with Crippen LogP contribution >= 0.6 is 0 Å². The summed E-state index contributed by atoms with van der Waals surface area (Å²) in [6.45, 7) is 9.62. The maximum atomic E-state index is 12.8. The van der Waals surface area contributed by atoms with Crippen molar-refractivity contribution in [1.29, 1.82) is 0 Å². The third kappa shape index (κ3) is 13.3. The van der Waals surface area contributed by atoms with Gasteiger partial charge in [-0.05, 0) is 120 Å². The number of nitrogens with one attached hydrogen (secondary N) is 1. The van der Waals surface area contributed by atoms with Crippen LogP contribution in [-0.2, 0) is 29.7 Å². The van der Waals surface area contributed by atoms with Crippen molar-refractivity contribution >= 4 is 49.4 Å². The van der Waals surface area contributed by atoms with Crippen LogP contribution in [0.15, 0.2) is 131 Å². The number of piperazine rings is 2. The molecule has 2 saturated carbocycles. The number of benzene rings is 3. The van der Waals surface area contributed by atoms with E-state index in [1.807, 2.05) is 35.0 Å². The van der Waals surface area contributed by atoms with Gasteiger partial charge in [0.05, 0.1) is 48.5 Å². The molecular formula is C62H73F3N16O5S. The summed E-state index contributed by atoms with van der Waals surface area (Å²) in [4.78, 5) is 30.2. The molecule has 25 heteroatoms. The number of nitrogens with zero attached hydrogens (tertiary/aromatic N) is 13. The Kier molecular flexibility index (Phi) is 17.6. The second-order valence-electron chi connectivity index (χ2n) is 23.2. The molecule has 2 aliphatic heterocycles. The first kappa shape index (κ1) is 59.4. The van der Waals surface area contributed by atoms with Gasteiger partial charge in [0.1, 0.15) is 58.7 Å². The van der Waals surface area contributed by atoms with Crippen LogP contribution < -0.4 is 25.8 Å². The maximum absolute atomic E-state index is 12.8. The van der Waals surface area contributed by atoms with Gasteiger partial charge in [-0.15, -0.1) is 0 Å². The Hall–Kier alpha value is -7.94. The number of halogens is 3. The highest BCUT2D eigenvalue weighted by atomic mass is 32.2. The molecule has 4 aliphatic rings. The van der Waals surface area contributed by atoms with Gasteiger partial charge in [0.15, 0.2) is 11.3 Å². The summed E-state index contributed by atoms with van der Waals surface area (Å²) in [5.74, 6) is 3.11. The van der Waals surface area contributed by atoms with E-state index in [0.29, 0.717) is 64.8 Å². The fourth-order valence-corrected chi connectivity index (χ4v) is 13.2. The van der Waals surface area contributed by atoms with Crippen LogP contribution in [0.4, 0.5) is 30.5 Å². The summed E-state index contributed by atoms with van der Waals surface area (Å²) < 4.78 is 84.7. The molecule has 8 heterocycles. The van der Waals surface area contributed by atoms with Crippen molar-refractivity contribution < 1.29 is 35.2 Å². The van der Waals surface area contributed by atoms with E-state index in [4.69, 9.17) is 40.2 Å². The Balaban J connectivity index is 0.000000170. The van der Waals surface area contributed by atoms with Crippen LogP contribution in [0.25, 0.3) is 44.6 Å². The van der Waals surface area contributed by atoms with Gasteiger partial charge in [-0.1, -0.05) is 42.5 Å². The minimum atomic E-state index is -5.52. The number of fused-ring (bicyclic) bond motifs is 2. The van der Waals surface area contributed by atoms with Gasteiger partial charge in [0, 0.05) is 93.4 Å². The van der Waals surface area contributed by atoms with Crippen LogP contribution in [0.2, 0.25) is 0 Å². The number of furan rings is 2. The summed E-state index contributed by atoms with van der Waals surface area (Å²) in [6, 6.07) is 31.2. The van der Waals surface area contributed by atoms with Gasteiger partial charge >= 0.3 is 15.5 Å². The third-order valence-corrected chi connectivity index (χ3v) is 18.7. The Bertz CT molecular complexity index is 3830. The molecule has 6 aromatic heterocycles. The van der Waals surface area contributed by atoms with Gasteiger partial charge in [-0.25, -0.2) is 42.4 Å². The summed E-state index contributed by atoms with van der Waals surface area (Å²) >= 11 is 0. The first-order chi connectivity index (χ1) is 42.1. The van der Waals surface area contributed by atoms with E-state index in [9.17, 15) is 21.6 Å². The number of para-hydroxylation sites is 1. The van der Waals surface area contributed by atoms with Crippen molar-refractivity contribution in [3.63, 3.8) is 0 Å². The van der Waals surface area contributed by atoms with Crippen molar-refractivity contribution in [3.8, 4) is 34.0 Å². The molecule has 0 atom stereocenters. The van der Waals surface area contributed by atoms with Crippen LogP contribution in [0.5, 0.6) is 11.5 Å². The molecule has 3 aromatic carbocycles. The molecule has 0 unspecified atom stereocenters. The minimum absolute atomic E-state index is 0.158. The second-order valence-corrected chi connectivity index (χ2v) is 24.9. The topological polar surface area (TPSA) is 237 Å². The molecular weight excluding hydrogens is 1140 g/mol. The molecule has 13 rings (SSSR count). The number of anilines is 3. The number of nitrogen functional groups attached to an aromatic ring is 2. The zero-order valence-electron chi connectivity index (χ0n) is 48.8. The van der Waals surface area contributed by atoms with Gasteiger partial charge < -0.3 is 39.7 Å². The van der Waals surface area contributed by atoms with Gasteiger partial charge in [0.25, 0.3) is 0 Å². The standard InChI is InChI=1S/C32H38N8O2.C30H35F3N8O3S/c1-37-13-15-38(16-14-37)24-9-11-25(12-10-24)40-32-29(31(33)34-22-35-32)30(36-40)23-5-2-6-26(19-23)39(20-27-7-3-17-41-27)21-28-8-4-18-42-28;1-39-13-15-40(16-14-39)22-9-11-23(12-10-22)41-29-26(28(34)35-19-36-29)27(38-41)20-6-4-7-24(17-20)44-25-8-3-2-5-21(25)18-37-45(42,43)30(31,32)33/h2-8,17-19,22,24-25H,9-16,20-21H2,1H3,(H2,33,34,35);2-8,17,19,22-23,37H,9-16,18H2,1H3,(H2,34,35,36). The molecule has 0 amide bonds. The molecule has 2 aliphatic carbocycles. The molecule has 5 N–H and O–H groups in total. The molecule has 0 radical (unpaired) electrons. The Morgan fingerprint density at radius 3 is 1.57 bits per heavy atom. The number of aromatic nitrogens is 8. The highest BCUT2D eigenvalue weighted by molar-refractivity contribution is 7.90. The summed E-state index contributed by atoms with van der Waals surface area (Å²) in [7, 11) is -1.13. The van der Waals surface area contributed by atoms with E-state index in [1.165, 1.54) is 25.2 Å². The van der Waals surface area contributed by atoms with Crippen LogP contribution in [0, 0.1) is 0 Å². The van der Waals surface area contributed by atoms with Crippen LogP contribution in [-0.4, -0.2) is 152 Å².